The molecule has 1 aromatic carbocycles. The van der Waals surface area contributed by atoms with Gasteiger partial charge < -0.3 is 24.1 Å². The van der Waals surface area contributed by atoms with E-state index in [9.17, 15) is 18.4 Å². The molecule has 2 heterocycles. The topological polar surface area (TPSA) is 113 Å². The third kappa shape index (κ3) is 7.05. The fraction of sp³-hybridized carbons (Fsp3) is 0.407. The van der Waals surface area contributed by atoms with Gasteiger partial charge in [-0.15, -0.1) is 0 Å². The van der Waals surface area contributed by atoms with Gasteiger partial charge in [-0.05, 0) is 69.4 Å². The molecule has 0 bridgehead atoms. The Morgan fingerprint density at radius 1 is 1.13 bits per heavy atom. The summed E-state index contributed by atoms with van der Waals surface area (Å²) >= 11 is 0. The van der Waals surface area contributed by atoms with Gasteiger partial charge in [0.25, 0.3) is 0 Å². The average molecular weight is 530 g/mol. The number of carbonyl (C=O) groups excluding carboxylic acids is 2. The first-order valence-corrected chi connectivity index (χ1v) is 12.4. The van der Waals surface area contributed by atoms with E-state index in [0.717, 1.165) is 37.5 Å². The Balaban J connectivity index is 1.33. The summed E-state index contributed by atoms with van der Waals surface area (Å²) in [6, 6.07) is 6.40. The van der Waals surface area contributed by atoms with E-state index in [4.69, 9.17) is 18.7 Å². The molecule has 1 N–H and O–H groups in total. The van der Waals surface area contributed by atoms with Crippen molar-refractivity contribution < 1.29 is 37.1 Å². The quantitative estimate of drug-likeness (QED) is 0.374. The molecule has 0 radical (unpaired) electrons. The first-order chi connectivity index (χ1) is 18.3. The Kier molecular flexibility index (Phi) is 8.88. The van der Waals surface area contributed by atoms with Gasteiger partial charge in [-0.3, -0.25) is 4.79 Å². The van der Waals surface area contributed by atoms with Crippen molar-refractivity contribution in [3.05, 3.63) is 65.0 Å². The molecule has 9 nitrogen and oxygen atoms in total. The second kappa shape index (κ2) is 12.5. The Labute approximate surface area is 218 Å². The summed E-state index contributed by atoms with van der Waals surface area (Å²) in [5.74, 6) is -0.898. The number of benzene rings is 1. The summed E-state index contributed by atoms with van der Waals surface area (Å²) in [5, 5.41) is 6.56. The van der Waals surface area contributed by atoms with E-state index in [1.807, 2.05) is 0 Å². The molecule has 38 heavy (non-hydrogen) atoms. The number of carbonyl (C=O) groups is 2. The molecular formula is C27H29F2N3O6. The molecule has 1 saturated carbocycles. The third-order valence-electron chi connectivity index (χ3n) is 6.20. The molecule has 2 atom stereocenters. The highest BCUT2D eigenvalue weighted by Crippen LogP contribution is 2.30. The molecule has 0 unspecified atom stereocenters. The molecule has 4 rings (SSSR count). The first-order valence-electron chi connectivity index (χ1n) is 12.4. The predicted octanol–water partition coefficient (Wildman–Crippen LogP) is 5.25. The highest BCUT2D eigenvalue weighted by molar-refractivity contribution is 5.72. The van der Waals surface area contributed by atoms with Crippen molar-refractivity contribution >= 4 is 12.1 Å². The van der Waals surface area contributed by atoms with Crippen LogP contribution in [-0.4, -0.2) is 34.9 Å². The largest absolute Gasteiger partial charge is 0.489 e. The molecule has 0 saturated heterocycles. The van der Waals surface area contributed by atoms with E-state index < -0.39 is 17.7 Å². The van der Waals surface area contributed by atoms with Gasteiger partial charge >= 0.3 is 12.1 Å². The van der Waals surface area contributed by atoms with Gasteiger partial charge in [0.15, 0.2) is 5.76 Å². The minimum absolute atomic E-state index is 0.0399. The normalized spacial score (nSPS) is 17.1. The zero-order chi connectivity index (χ0) is 27.1. The van der Waals surface area contributed by atoms with Crippen molar-refractivity contribution in [1.29, 1.82) is 0 Å². The van der Waals surface area contributed by atoms with Crippen LogP contribution in [0.2, 0.25) is 0 Å². The van der Waals surface area contributed by atoms with E-state index in [2.05, 4.69) is 15.5 Å². The van der Waals surface area contributed by atoms with E-state index in [1.54, 1.807) is 32.2 Å². The van der Waals surface area contributed by atoms with Crippen LogP contribution in [0, 0.1) is 24.5 Å². The summed E-state index contributed by atoms with van der Waals surface area (Å²) < 4.78 is 48.3. The fourth-order valence-electron chi connectivity index (χ4n) is 4.36. The lowest BCUT2D eigenvalue weighted by molar-refractivity contribution is -0.150. The van der Waals surface area contributed by atoms with Crippen molar-refractivity contribution in [2.75, 3.05) is 6.61 Å². The van der Waals surface area contributed by atoms with Gasteiger partial charge in [0, 0.05) is 11.6 Å². The molecule has 11 heteroatoms. The Morgan fingerprint density at radius 2 is 1.92 bits per heavy atom. The van der Waals surface area contributed by atoms with Crippen molar-refractivity contribution in [1.82, 2.24) is 15.5 Å². The van der Waals surface area contributed by atoms with E-state index in [1.165, 1.54) is 0 Å². The number of halogens is 2. The lowest BCUT2D eigenvalue weighted by Crippen LogP contribution is -2.30. The van der Waals surface area contributed by atoms with Crippen LogP contribution in [0.15, 0.2) is 41.1 Å². The van der Waals surface area contributed by atoms with Crippen molar-refractivity contribution in [3.63, 3.8) is 0 Å². The third-order valence-corrected chi connectivity index (χ3v) is 6.20. The van der Waals surface area contributed by atoms with Crippen LogP contribution in [0.4, 0.5) is 13.6 Å². The van der Waals surface area contributed by atoms with Gasteiger partial charge in [-0.1, -0.05) is 5.16 Å². The first kappa shape index (κ1) is 27.0. The van der Waals surface area contributed by atoms with Crippen molar-refractivity contribution in [2.24, 2.45) is 5.92 Å². The van der Waals surface area contributed by atoms with Gasteiger partial charge in [-0.2, -0.15) is 0 Å². The van der Waals surface area contributed by atoms with Gasteiger partial charge in [0.05, 0.1) is 37.1 Å². The number of rotatable bonds is 9. The number of ether oxygens (including phenoxy) is 3. The molecule has 0 spiro atoms. The van der Waals surface area contributed by atoms with Crippen LogP contribution >= 0.6 is 0 Å². The lowest BCUT2D eigenvalue weighted by Gasteiger charge is -2.28. The molecule has 1 aliphatic rings. The minimum atomic E-state index is -0.772. The summed E-state index contributed by atoms with van der Waals surface area (Å²) in [7, 11) is 0. The van der Waals surface area contributed by atoms with Gasteiger partial charge in [0.1, 0.15) is 29.7 Å². The number of hydrogen-bond donors (Lipinski definition) is 1. The van der Waals surface area contributed by atoms with Gasteiger partial charge in [0.2, 0.25) is 0 Å². The number of amides is 1. The number of nitrogens with zero attached hydrogens (tertiary/aromatic N) is 2. The minimum Gasteiger partial charge on any atom is -0.489 e. The number of pyridine rings is 1. The highest BCUT2D eigenvalue weighted by Gasteiger charge is 2.29. The smallest absolute Gasteiger partial charge is 0.407 e. The number of aryl methyl sites for hydroxylation is 1. The maximum absolute atomic E-state index is 13.3. The standard InChI is InChI=1S/C27H29F2N3O6/c1-3-35-26(33)18-5-4-6-21(11-18)37-22-7-8-24(30-13-22)25-23(16(2)32-38-25)14-31-27(34)36-15-17-9-19(28)12-20(29)10-17/h7-10,12-13,18,21H,3-6,11,14-15H2,1-2H3,(H,31,34)/t18-,21-/m0/s1. The van der Waals surface area contributed by atoms with Crippen LogP contribution in [0.25, 0.3) is 11.5 Å². The molecule has 3 aromatic rings. The zero-order valence-corrected chi connectivity index (χ0v) is 21.2. The second-order valence-electron chi connectivity index (χ2n) is 9.02. The fourth-order valence-corrected chi connectivity index (χ4v) is 4.36. The Bertz CT molecular complexity index is 1240. The number of hydrogen-bond acceptors (Lipinski definition) is 8. The Hall–Kier alpha value is -4.02. The molecule has 202 valence electrons. The highest BCUT2D eigenvalue weighted by atomic mass is 19.1. The molecule has 1 amide bonds. The maximum atomic E-state index is 13.3. The van der Waals surface area contributed by atoms with Gasteiger partial charge in [-0.25, -0.2) is 18.6 Å². The molecular weight excluding hydrogens is 500 g/mol. The Morgan fingerprint density at radius 3 is 2.63 bits per heavy atom. The molecule has 0 aliphatic heterocycles. The molecule has 1 fully saturated rings. The molecule has 1 aliphatic carbocycles. The van der Waals surface area contributed by atoms with Crippen molar-refractivity contribution in [2.45, 2.75) is 58.8 Å². The van der Waals surface area contributed by atoms with Crippen LogP contribution in [0.1, 0.15) is 49.4 Å². The maximum Gasteiger partial charge on any atom is 0.407 e. The summed E-state index contributed by atoms with van der Waals surface area (Å²) in [4.78, 5) is 28.7. The van der Waals surface area contributed by atoms with Crippen LogP contribution in [0.3, 0.4) is 0 Å². The lowest BCUT2D eigenvalue weighted by atomic mass is 9.87. The number of esters is 1. The number of nitrogens with one attached hydrogen (secondary N) is 1. The summed E-state index contributed by atoms with van der Waals surface area (Å²) in [6.45, 7) is 3.63. The van der Waals surface area contributed by atoms with E-state index >= 15 is 0 Å². The number of alkyl carbamates (subject to hydrolysis) is 1. The van der Waals surface area contributed by atoms with E-state index in [0.29, 0.717) is 41.5 Å². The average Bonchev–Trinajstić information content (AvgIpc) is 3.26. The van der Waals surface area contributed by atoms with E-state index in [-0.39, 0.29) is 36.7 Å². The number of aromatic nitrogens is 2. The van der Waals surface area contributed by atoms with Crippen LogP contribution < -0.4 is 10.1 Å². The zero-order valence-electron chi connectivity index (χ0n) is 21.2. The molecule has 2 aromatic heterocycles. The summed E-state index contributed by atoms with van der Waals surface area (Å²) in [6.07, 6.45) is 3.83. The second-order valence-corrected chi connectivity index (χ2v) is 9.02. The predicted molar refractivity (Wildman–Crippen MR) is 131 cm³/mol. The van der Waals surface area contributed by atoms with Crippen LogP contribution in [0.5, 0.6) is 5.75 Å². The van der Waals surface area contributed by atoms with Crippen molar-refractivity contribution in [3.8, 4) is 17.2 Å². The summed E-state index contributed by atoms with van der Waals surface area (Å²) in [5.41, 5.74) is 1.84. The van der Waals surface area contributed by atoms with Crippen LogP contribution in [-0.2, 0) is 27.4 Å². The SMILES string of the molecule is CCOC(=O)[C@H]1CCC[C@H](Oc2ccc(-c3onc(C)c3CNC(=O)OCc3cc(F)cc(F)c3)nc2)C1. The monoisotopic (exact) mass is 529 g/mol.